The molecule has 0 aliphatic carbocycles. The van der Waals surface area contributed by atoms with Gasteiger partial charge in [-0.15, -0.1) is 0 Å². The van der Waals surface area contributed by atoms with E-state index in [1.807, 2.05) is 0 Å². The number of hydrogen-bond donors (Lipinski definition) is 3. The summed E-state index contributed by atoms with van der Waals surface area (Å²) in [5.74, 6) is 5.51. The van der Waals surface area contributed by atoms with Gasteiger partial charge in [0.05, 0.1) is 22.6 Å². The largest absolute Gasteiger partial charge is 0.403 e. The summed E-state index contributed by atoms with van der Waals surface area (Å²) in [5, 5.41) is 14.5. The Bertz CT molecular complexity index is 999. The quantitative estimate of drug-likeness (QED) is 0.490. The smallest absolute Gasteiger partial charge is 0.146 e. The monoisotopic (exact) mass is 349 g/mol. The normalized spacial score (nSPS) is 10.8. The van der Waals surface area contributed by atoms with E-state index >= 15 is 0 Å². The summed E-state index contributed by atoms with van der Waals surface area (Å²) in [6.07, 6.45) is 2.85. The predicted octanol–water partition coefficient (Wildman–Crippen LogP) is 2.24. The van der Waals surface area contributed by atoms with Crippen LogP contribution in [0.2, 0.25) is 0 Å². The van der Waals surface area contributed by atoms with E-state index in [1.165, 1.54) is 29.5 Å². The molecule has 3 aromatic rings. The van der Waals surface area contributed by atoms with Gasteiger partial charge in [-0.3, -0.25) is 5.01 Å². The number of halogens is 1. The average molecular weight is 349 g/mol. The van der Waals surface area contributed by atoms with Crippen LogP contribution in [0.5, 0.6) is 0 Å². The minimum atomic E-state index is -0.598. The number of nitrogens with zero attached hydrogens (tertiary/aromatic N) is 4. The van der Waals surface area contributed by atoms with Crippen LogP contribution < -0.4 is 22.3 Å². The van der Waals surface area contributed by atoms with E-state index in [4.69, 9.17) is 22.6 Å². The average Bonchev–Trinajstić information content (AvgIpc) is 3.04. The fraction of sp³-hybridized carbons (Fsp3) is 0. The van der Waals surface area contributed by atoms with Crippen molar-refractivity contribution >= 4 is 11.5 Å². The summed E-state index contributed by atoms with van der Waals surface area (Å²) in [6.45, 7) is 0. The number of rotatable bonds is 4. The maximum absolute atomic E-state index is 14.0. The van der Waals surface area contributed by atoms with E-state index in [0.29, 0.717) is 17.1 Å². The van der Waals surface area contributed by atoms with E-state index in [1.54, 1.807) is 47.1 Å². The van der Waals surface area contributed by atoms with Gasteiger partial charge in [0, 0.05) is 24.0 Å². The summed E-state index contributed by atoms with van der Waals surface area (Å²) in [5.41, 5.74) is 13.7. The number of aromatic nitrogens is 2. The van der Waals surface area contributed by atoms with Crippen LogP contribution in [0.1, 0.15) is 5.56 Å². The molecule has 0 bridgehead atoms. The molecule has 3 rings (SSSR count). The molecule has 0 spiro atoms. The minimum absolute atomic E-state index is 0.0202. The van der Waals surface area contributed by atoms with Crippen LogP contribution in [0.4, 0.5) is 15.9 Å². The molecule has 0 saturated carbocycles. The molecular weight excluding hydrogens is 333 g/mol. The highest BCUT2D eigenvalue weighted by molar-refractivity contribution is 5.67. The lowest BCUT2D eigenvalue weighted by Gasteiger charge is -2.14. The highest BCUT2D eigenvalue weighted by Gasteiger charge is 2.13. The second-order valence-electron chi connectivity index (χ2n) is 5.44. The Morgan fingerprint density at radius 2 is 1.88 bits per heavy atom. The number of nitriles is 1. The number of benzene rings is 2. The van der Waals surface area contributed by atoms with E-state index < -0.39 is 5.82 Å². The molecule has 0 aliphatic heterocycles. The Labute approximate surface area is 149 Å². The van der Waals surface area contributed by atoms with Gasteiger partial charge in [-0.2, -0.15) is 10.4 Å². The minimum Gasteiger partial charge on any atom is -0.403 e. The van der Waals surface area contributed by atoms with Crippen LogP contribution in [0.3, 0.4) is 0 Å². The molecule has 0 aliphatic rings. The molecule has 130 valence electrons. The first-order valence-corrected chi connectivity index (χ1v) is 7.62. The lowest BCUT2D eigenvalue weighted by atomic mass is 10.1. The van der Waals surface area contributed by atoms with Crippen LogP contribution in [0.25, 0.3) is 16.9 Å². The Morgan fingerprint density at radius 3 is 2.50 bits per heavy atom. The number of hydrazine groups is 1. The van der Waals surface area contributed by atoms with Gasteiger partial charge in [-0.1, -0.05) is 6.07 Å². The van der Waals surface area contributed by atoms with Crippen molar-refractivity contribution in [3.63, 3.8) is 0 Å². The molecule has 0 amide bonds. The first-order valence-electron chi connectivity index (χ1n) is 7.62. The molecule has 0 radical (unpaired) electrons. The van der Waals surface area contributed by atoms with E-state index in [2.05, 4.69) is 5.10 Å². The first-order chi connectivity index (χ1) is 12.5. The first kappa shape index (κ1) is 17.0. The summed E-state index contributed by atoms with van der Waals surface area (Å²) < 4.78 is 15.6. The fourth-order valence-electron chi connectivity index (χ4n) is 2.51. The van der Waals surface area contributed by atoms with Crippen LogP contribution in [0.15, 0.2) is 60.9 Å². The van der Waals surface area contributed by atoms with Gasteiger partial charge in [0.2, 0.25) is 0 Å². The molecular formula is C18H16FN7. The molecule has 1 aromatic heterocycles. The number of nitrogens with two attached hydrogens (primary N) is 3. The molecule has 8 heteroatoms. The van der Waals surface area contributed by atoms with Gasteiger partial charge >= 0.3 is 0 Å². The van der Waals surface area contributed by atoms with Crippen LogP contribution in [-0.2, 0) is 0 Å². The Kier molecular flexibility index (Phi) is 4.55. The molecule has 0 atom stereocenters. The Balaban J connectivity index is 2.02. The highest BCUT2D eigenvalue weighted by Crippen LogP contribution is 2.27. The maximum Gasteiger partial charge on any atom is 0.146 e. The zero-order valence-electron chi connectivity index (χ0n) is 13.7. The van der Waals surface area contributed by atoms with E-state index in [9.17, 15) is 4.39 Å². The Hall–Kier alpha value is -3.83. The molecule has 1 heterocycles. The van der Waals surface area contributed by atoms with Crippen LogP contribution in [0, 0.1) is 17.1 Å². The third-order valence-corrected chi connectivity index (χ3v) is 3.75. The maximum atomic E-state index is 14.0. The summed E-state index contributed by atoms with van der Waals surface area (Å²) in [6, 6.07) is 15.0. The number of anilines is 2. The molecule has 2 aromatic carbocycles. The summed E-state index contributed by atoms with van der Waals surface area (Å²) >= 11 is 0. The number of nitrogen functional groups attached to an aromatic ring is 1. The van der Waals surface area contributed by atoms with Gasteiger partial charge < -0.3 is 11.5 Å². The van der Waals surface area contributed by atoms with Crippen molar-refractivity contribution in [2.24, 2.45) is 11.6 Å². The van der Waals surface area contributed by atoms with Crippen LogP contribution >= 0.6 is 0 Å². The van der Waals surface area contributed by atoms with Crippen molar-refractivity contribution in [2.75, 3.05) is 10.7 Å². The second-order valence-corrected chi connectivity index (χ2v) is 5.44. The van der Waals surface area contributed by atoms with Crippen molar-refractivity contribution in [2.45, 2.75) is 0 Å². The molecule has 0 unspecified atom stereocenters. The van der Waals surface area contributed by atoms with E-state index in [0.717, 1.165) is 11.4 Å². The topological polar surface area (TPSA) is 123 Å². The molecule has 0 fully saturated rings. The standard InChI is InChI=1S/C18H16FN7/c19-16-9-12(1-2-13(16)11-21)17-10-18(22)24-26(17)15-5-3-14(4-6-15)25(23)8-7-20/h1-10H,20,23H2,(H2,22,24)/b8-7-. The lowest BCUT2D eigenvalue weighted by Crippen LogP contribution is -2.24. The SMILES string of the molecule is N#Cc1ccc(-c2cc(N)nn2-c2ccc(N(N)/C=C\N)cc2)cc1F. The molecule has 26 heavy (non-hydrogen) atoms. The number of hydrogen-bond acceptors (Lipinski definition) is 6. The van der Waals surface area contributed by atoms with E-state index in [-0.39, 0.29) is 5.56 Å². The van der Waals surface area contributed by atoms with Gasteiger partial charge in [0.25, 0.3) is 0 Å². The zero-order chi connectivity index (χ0) is 18.7. The van der Waals surface area contributed by atoms with Gasteiger partial charge in [0.1, 0.15) is 17.7 Å². The van der Waals surface area contributed by atoms with Crippen molar-refractivity contribution in [3.05, 3.63) is 72.3 Å². The van der Waals surface area contributed by atoms with Crippen molar-refractivity contribution in [1.82, 2.24) is 9.78 Å². The fourth-order valence-corrected chi connectivity index (χ4v) is 2.51. The Morgan fingerprint density at radius 1 is 1.15 bits per heavy atom. The molecule has 0 saturated heterocycles. The second kappa shape index (κ2) is 6.96. The third kappa shape index (κ3) is 3.19. The van der Waals surface area contributed by atoms with Gasteiger partial charge in [-0.25, -0.2) is 14.9 Å². The van der Waals surface area contributed by atoms with Gasteiger partial charge in [-0.05, 0) is 36.4 Å². The summed E-state index contributed by atoms with van der Waals surface area (Å²) in [4.78, 5) is 0. The van der Waals surface area contributed by atoms with Gasteiger partial charge in [0.15, 0.2) is 0 Å². The van der Waals surface area contributed by atoms with Crippen molar-refractivity contribution in [1.29, 1.82) is 5.26 Å². The van der Waals surface area contributed by atoms with Crippen molar-refractivity contribution < 1.29 is 4.39 Å². The van der Waals surface area contributed by atoms with Crippen LogP contribution in [-0.4, -0.2) is 9.78 Å². The zero-order valence-corrected chi connectivity index (χ0v) is 13.7. The summed E-state index contributed by atoms with van der Waals surface area (Å²) in [7, 11) is 0. The van der Waals surface area contributed by atoms with Crippen molar-refractivity contribution in [3.8, 4) is 23.0 Å². The molecule has 6 N–H and O–H groups in total. The third-order valence-electron chi connectivity index (χ3n) is 3.75. The highest BCUT2D eigenvalue weighted by atomic mass is 19.1. The predicted molar refractivity (Wildman–Crippen MR) is 98.1 cm³/mol. The molecule has 7 nitrogen and oxygen atoms in total. The lowest BCUT2D eigenvalue weighted by molar-refractivity contribution is 0.624.